The standard InChI is InChI=1S/C11H14Cl3NO/c1-2-16-6-5-15-7-8-9(12)3-4-10(13)11(8)14/h3-4,15H,2,5-7H2,1H3. The molecule has 1 aromatic rings. The summed E-state index contributed by atoms with van der Waals surface area (Å²) < 4.78 is 5.20. The Morgan fingerprint density at radius 1 is 1.19 bits per heavy atom. The summed E-state index contributed by atoms with van der Waals surface area (Å²) in [6.45, 7) is 4.70. The summed E-state index contributed by atoms with van der Waals surface area (Å²) >= 11 is 18.0. The van der Waals surface area contributed by atoms with Crippen LogP contribution in [0.2, 0.25) is 15.1 Å². The maximum absolute atomic E-state index is 6.05. The van der Waals surface area contributed by atoms with Crippen LogP contribution in [0.25, 0.3) is 0 Å². The molecule has 5 heteroatoms. The summed E-state index contributed by atoms with van der Waals surface area (Å²) in [5, 5.41) is 4.85. The van der Waals surface area contributed by atoms with Gasteiger partial charge >= 0.3 is 0 Å². The third-order valence-corrected chi connectivity index (χ3v) is 3.27. The lowest BCUT2D eigenvalue weighted by Gasteiger charge is -2.09. The van der Waals surface area contributed by atoms with E-state index in [2.05, 4.69) is 5.32 Å². The lowest BCUT2D eigenvalue weighted by atomic mass is 10.2. The molecule has 0 spiro atoms. The molecule has 0 aliphatic heterocycles. The Kier molecular flexibility index (Phi) is 6.47. The fourth-order valence-corrected chi connectivity index (χ4v) is 1.91. The monoisotopic (exact) mass is 281 g/mol. The van der Waals surface area contributed by atoms with E-state index in [1.165, 1.54) is 0 Å². The molecular weight excluding hydrogens is 268 g/mol. The van der Waals surface area contributed by atoms with Crippen molar-refractivity contribution in [1.29, 1.82) is 0 Å². The van der Waals surface area contributed by atoms with Crippen molar-refractivity contribution in [2.75, 3.05) is 19.8 Å². The van der Waals surface area contributed by atoms with Crippen LogP contribution in [0.3, 0.4) is 0 Å². The normalized spacial score (nSPS) is 10.8. The molecule has 0 atom stereocenters. The van der Waals surface area contributed by atoms with Crippen LogP contribution < -0.4 is 5.32 Å². The van der Waals surface area contributed by atoms with E-state index in [1.807, 2.05) is 6.92 Å². The SMILES string of the molecule is CCOCCNCc1c(Cl)ccc(Cl)c1Cl. The first-order valence-electron chi connectivity index (χ1n) is 5.07. The molecule has 2 nitrogen and oxygen atoms in total. The van der Waals surface area contributed by atoms with Crippen molar-refractivity contribution in [2.45, 2.75) is 13.5 Å². The molecule has 0 heterocycles. The highest BCUT2D eigenvalue weighted by molar-refractivity contribution is 6.44. The van der Waals surface area contributed by atoms with Gasteiger partial charge in [0.05, 0.1) is 16.7 Å². The summed E-state index contributed by atoms with van der Waals surface area (Å²) in [6.07, 6.45) is 0. The molecule has 1 N–H and O–H groups in total. The molecule has 0 aromatic heterocycles. The Morgan fingerprint density at radius 2 is 1.88 bits per heavy atom. The summed E-state index contributed by atoms with van der Waals surface area (Å²) in [6, 6.07) is 3.44. The third kappa shape index (κ3) is 4.11. The highest BCUT2D eigenvalue weighted by Crippen LogP contribution is 2.31. The zero-order chi connectivity index (χ0) is 12.0. The Hall–Kier alpha value is 0.01000. The highest BCUT2D eigenvalue weighted by Gasteiger charge is 2.08. The minimum Gasteiger partial charge on any atom is -0.380 e. The minimum absolute atomic E-state index is 0.512. The number of hydrogen-bond acceptors (Lipinski definition) is 2. The van der Waals surface area contributed by atoms with Crippen LogP contribution in [0.15, 0.2) is 12.1 Å². The van der Waals surface area contributed by atoms with Crippen molar-refractivity contribution in [3.05, 3.63) is 32.8 Å². The van der Waals surface area contributed by atoms with Crippen molar-refractivity contribution >= 4 is 34.8 Å². The van der Waals surface area contributed by atoms with Crippen molar-refractivity contribution in [1.82, 2.24) is 5.32 Å². The Labute approximate surface area is 111 Å². The smallest absolute Gasteiger partial charge is 0.0652 e. The number of rotatable bonds is 6. The molecule has 0 fully saturated rings. The van der Waals surface area contributed by atoms with Crippen LogP contribution in [-0.4, -0.2) is 19.8 Å². The van der Waals surface area contributed by atoms with Crippen molar-refractivity contribution in [3.8, 4) is 0 Å². The van der Waals surface area contributed by atoms with Crippen LogP contribution in [0, 0.1) is 0 Å². The maximum Gasteiger partial charge on any atom is 0.0652 e. The molecule has 0 aliphatic rings. The molecule has 0 unspecified atom stereocenters. The summed E-state index contributed by atoms with van der Waals surface area (Å²) in [7, 11) is 0. The molecule has 90 valence electrons. The average Bonchev–Trinajstić information content (AvgIpc) is 2.28. The summed E-state index contributed by atoms with van der Waals surface area (Å²) in [5.41, 5.74) is 0.826. The maximum atomic E-state index is 6.05. The van der Waals surface area contributed by atoms with Gasteiger partial charge in [-0.25, -0.2) is 0 Å². The summed E-state index contributed by atoms with van der Waals surface area (Å²) in [4.78, 5) is 0. The lowest BCUT2D eigenvalue weighted by molar-refractivity contribution is 0.149. The number of benzene rings is 1. The summed E-state index contributed by atoms with van der Waals surface area (Å²) in [5.74, 6) is 0. The average molecular weight is 283 g/mol. The van der Waals surface area contributed by atoms with E-state index in [0.29, 0.717) is 28.2 Å². The topological polar surface area (TPSA) is 21.3 Å². The van der Waals surface area contributed by atoms with Gasteiger partial charge in [0.15, 0.2) is 0 Å². The van der Waals surface area contributed by atoms with E-state index in [9.17, 15) is 0 Å². The van der Waals surface area contributed by atoms with E-state index in [1.54, 1.807) is 12.1 Å². The first-order chi connectivity index (χ1) is 7.66. The van der Waals surface area contributed by atoms with Crippen LogP contribution in [0.1, 0.15) is 12.5 Å². The second-order valence-electron chi connectivity index (χ2n) is 3.20. The molecule has 0 aliphatic carbocycles. The van der Waals surface area contributed by atoms with Gasteiger partial charge in [-0.05, 0) is 19.1 Å². The van der Waals surface area contributed by atoms with Crippen molar-refractivity contribution in [2.24, 2.45) is 0 Å². The minimum atomic E-state index is 0.512. The molecule has 16 heavy (non-hydrogen) atoms. The Morgan fingerprint density at radius 3 is 2.56 bits per heavy atom. The Balaban J connectivity index is 2.50. The number of nitrogens with one attached hydrogen (secondary N) is 1. The zero-order valence-corrected chi connectivity index (χ0v) is 11.3. The molecule has 0 amide bonds. The van der Waals surface area contributed by atoms with E-state index >= 15 is 0 Å². The van der Waals surface area contributed by atoms with E-state index in [-0.39, 0.29) is 0 Å². The van der Waals surface area contributed by atoms with Gasteiger partial charge in [-0.1, -0.05) is 34.8 Å². The Bertz CT molecular complexity index is 344. The van der Waals surface area contributed by atoms with Gasteiger partial charge in [0.1, 0.15) is 0 Å². The van der Waals surface area contributed by atoms with Crippen LogP contribution in [0.4, 0.5) is 0 Å². The highest BCUT2D eigenvalue weighted by atomic mass is 35.5. The van der Waals surface area contributed by atoms with E-state index < -0.39 is 0 Å². The van der Waals surface area contributed by atoms with Gasteiger partial charge in [-0.3, -0.25) is 0 Å². The fraction of sp³-hybridized carbons (Fsp3) is 0.455. The van der Waals surface area contributed by atoms with Gasteiger partial charge in [0, 0.05) is 30.3 Å². The van der Waals surface area contributed by atoms with Gasteiger partial charge in [0.2, 0.25) is 0 Å². The number of ether oxygens (including phenoxy) is 1. The van der Waals surface area contributed by atoms with Crippen molar-refractivity contribution in [3.63, 3.8) is 0 Å². The second kappa shape index (κ2) is 7.36. The number of hydrogen-bond donors (Lipinski definition) is 1. The van der Waals surface area contributed by atoms with E-state index in [4.69, 9.17) is 39.5 Å². The molecule has 0 saturated heterocycles. The van der Waals surface area contributed by atoms with Crippen LogP contribution in [0.5, 0.6) is 0 Å². The van der Waals surface area contributed by atoms with Gasteiger partial charge in [-0.15, -0.1) is 0 Å². The van der Waals surface area contributed by atoms with Crippen molar-refractivity contribution < 1.29 is 4.74 Å². The molecule has 1 rings (SSSR count). The van der Waals surface area contributed by atoms with E-state index in [0.717, 1.165) is 18.7 Å². The molecule has 0 radical (unpaired) electrons. The first-order valence-corrected chi connectivity index (χ1v) is 6.21. The van der Waals surface area contributed by atoms with Crippen LogP contribution in [-0.2, 0) is 11.3 Å². The van der Waals surface area contributed by atoms with Gasteiger partial charge in [0.25, 0.3) is 0 Å². The number of halogens is 3. The lowest BCUT2D eigenvalue weighted by Crippen LogP contribution is -2.19. The fourth-order valence-electron chi connectivity index (χ4n) is 1.23. The first kappa shape index (κ1) is 14.1. The predicted molar refractivity (Wildman–Crippen MR) is 69.7 cm³/mol. The molecular formula is C11H14Cl3NO. The largest absolute Gasteiger partial charge is 0.380 e. The second-order valence-corrected chi connectivity index (χ2v) is 4.39. The van der Waals surface area contributed by atoms with Gasteiger partial charge < -0.3 is 10.1 Å². The molecule has 0 bridgehead atoms. The predicted octanol–water partition coefficient (Wildman–Crippen LogP) is 3.77. The zero-order valence-electron chi connectivity index (χ0n) is 9.03. The molecule has 0 saturated carbocycles. The third-order valence-electron chi connectivity index (χ3n) is 2.07. The quantitative estimate of drug-likeness (QED) is 0.633. The molecule has 1 aromatic carbocycles. The van der Waals surface area contributed by atoms with Crippen LogP contribution >= 0.6 is 34.8 Å². The van der Waals surface area contributed by atoms with Gasteiger partial charge in [-0.2, -0.15) is 0 Å².